The van der Waals surface area contributed by atoms with Crippen molar-refractivity contribution in [1.29, 1.82) is 0 Å². The first-order valence-electron chi connectivity index (χ1n) is 36.3. The van der Waals surface area contributed by atoms with Crippen LogP contribution in [0.2, 0.25) is 0 Å². The first kappa shape index (κ1) is 77.9. The number of allylic oxidation sites excluding steroid dienone is 4. The molecule has 0 fully saturated rings. The van der Waals surface area contributed by atoms with Gasteiger partial charge in [-0.1, -0.05) is 347 Å². The van der Waals surface area contributed by atoms with Crippen LogP contribution in [0.4, 0.5) is 0 Å². The van der Waals surface area contributed by atoms with Crippen molar-refractivity contribution in [3.63, 3.8) is 0 Å². The first-order valence-corrected chi connectivity index (χ1v) is 36.3. The van der Waals surface area contributed by atoms with Crippen LogP contribution in [-0.2, 0) is 28.6 Å². The normalized spacial score (nSPS) is 12.1. The summed E-state index contributed by atoms with van der Waals surface area (Å²) in [5.74, 6) is -0.847. The van der Waals surface area contributed by atoms with Crippen LogP contribution in [-0.4, -0.2) is 37.2 Å². The Kier molecular flexibility index (Phi) is 67.6. The van der Waals surface area contributed by atoms with Crippen molar-refractivity contribution in [3.05, 3.63) is 24.3 Å². The van der Waals surface area contributed by atoms with Crippen LogP contribution < -0.4 is 0 Å². The number of hydrogen-bond acceptors (Lipinski definition) is 6. The molecule has 1 atom stereocenters. The van der Waals surface area contributed by atoms with E-state index >= 15 is 0 Å². The molecule has 0 aliphatic heterocycles. The van der Waals surface area contributed by atoms with Crippen molar-refractivity contribution < 1.29 is 28.6 Å². The maximum Gasteiger partial charge on any atom is 0.306 e. The Labute approximate surface area is 500 Å². The number of esters is 3. The number of unbranched alkanes of at least 4 members (excludes halogenated alkanes) is 53. The van der Waals surface area contributed by atoms with Crippen molar-refractivity contribution >= 4 is 17.9 Å². The second-order valence-corrected chi connectivity index (χ2v) is 24.9. The first-order chi connectivity index (χ1) is 39.5. The molecular weight excluding hydrogens is 985 g/mol. The zero-order valence-electron chi connectivity index (χ0n) is 54.4. The van der Waals surface area contributed by atoms with Crippen molar-refractivity contribution in [1.82, 2.24) is 0 Å². The minimum Gasteiger partial charge on any atom is -0.462 e. The Morgan fingerprint density at radius 2 is 0.412 bits per heavy atom. The van der Waals surface area contributed by atoms with Gasteiger partial charge in [-0.15, -0.1) is 0 Å². The average molecular weight is 1130 g/mol. The van der Waals surface area contributed by atoms with Crippen LogP contribution in [0.5, 0.6) is 0 Å². The Morgan fingerprint density at radius 1 is 0.237 bits per heavy atom. The number of carbonyl (C=O) groups excluding carboxylic acids is 3. The van der Waals surface area contributed by atoms with Crippen LogP contribution in [0.25, 0.3) is 0 Å². The van der Waals surface area contributed by atoms with E-state index in [4.69, 9.17) is 14.2 Å². The molecule has 0 bridgehead atoms. The molecule has 0 aromatic rings. The van der Waals surface area contributed by atoms with E-state index in [1.807, 2.05) is 0 Å². The van der Waals surface area contributed by atoms with Gasteiger partial charge < -0.3 is 14.2 Å². The zero-order valence-corrected chi connectivity index (χ0v) is 54.4. The molecule has 80 heavy (non-hydrogen) atoms. The van der Waals surface area contributed by atoms with Gasteiger partial charge in [0.05, 0.1) is 0 Å². The summed E-state index contributed by atoms with van der Waals surface area (Å²) in [6, 6.07) is 0. The lowest BCUT2D eigenvalue weighted by Crippen LogP contribution is -2.30. The van der Waals surface area contributed by atoms with Gasteiger partial charge in [-0.2, -0.15) is 0 Å². The Bertz CT molecular complexity index is 1290. The van der Waals surface area contributed by atoms with Gasteiger partial charge in [-0.3, -0.25) is 14.4 Å². The standard InChI is InChI=1S/C74H140O6/c1-4-7-10-13-16-19-22-25-27-29-31-33-35-36-37-39-40-42-44-46-49-52-55-58-61-64-67-73(76)79-70-71(69-78-72(75)66-63-60-57-54-51-48-24-21-18-15-12-9-6-3)80-74(77)68-65-62-59-56-53-50-47-45-43-41-38-34-32-30-28-26-23-20-17-14-11-8-5-2/h21,24,30,32,71H,4-20,22-23,25-29,31,33-70H2,1-3H3/b24-21-,32-30-. The van der Waals surface area contributed by atoms with Crippen LogP contribution >= 0.6 is 0 Å². The number of rotatable bonds is 68. The molecule has 0 aliphatic carbocycles. The molecule has 472 valence electrons. The van der Waals surface area contributed by atoms with E-state index in [1.165, 1.54) is 308 Å². The molecule has 6 heteroatoms. The van der Waals surface area contributed by atoms with E-state index in [0.717, 1.165) is 64.2 Å². The SMILES string of the molecule is CCCCCC/C=C\CCCCCCCC(=O)OCC(COC(=O)CCCCCCCCCCCCCCCCCCCCCCCCCCCC)OC(=O)CCCCCCCCCCCCC/C=C\CCCCCCCCCC. The van der Waals surface area contributed by atoms with Crippen LogP contribution in [0.1, 0.15) is 412 Å². The van der Waals surface area contributed by atoms with Gasteiger partial charge >= 0.3 is 17.9 Å². The van der Waals surface area contributed by atoms with Crippen molar-refractivity contribution in [2.45, 2.75) is 419 Å². The molecule has 6 nitrogen and oxygen atoms in total. The second-order valence-electron chi connectivity index (χ2n) is 24.9. The fourth-order valence-electron chi connectivity index (χ4n) is 11.2. The lowest BCUT2D eigenvalue weighted by atomic mass is 10.0. The summed E-state index contributed by atoms with van der Waals surface area (Å²) in [7, 11) is 0. The highest BCUT2D eigenvalue weighted by molar-refractivity contribution is 5.71. The highest BCUT2D eigenvalue weighted by atomic mass is 16.6. The zero-order chi connectivity index (χ0) is 57.8. The van der Waals surface area contributed by atoms with E-state index in [0.29, 0.717) is 19.3 Å². The molecule has 0 N–H and O–H groups in total. The van der Waals surface area contributed by atoms with Gasteiger partial charge in [-0.25, -0.2) is 0 Å². The van der Waals surface area contributed by atoms with Crippen LogP contribution in [0, 0.1) is 0 Å². The van der Waals surface area contributed by atoms with Crippen molar-refractivity contribution in [3.8, 4) is 0 Å². The van der Waals surface area contributed by atoms with Crippen molar-refractivity contribution in [2.75, 3.05) is 13.2 Å². The maximum atomic E-state index is 13.0. The summed E-state index contributed by atoms with van der Waals surface area (Å²) in [5, 5.41) is 0. The van der Waals surface area contributed by atoms with Gasteiger partial charge in [0.1, 0.15) is 13.2 Å². The highest BCUT2D eigenvalue weighted by Gasteiger charge is 2.19. The monoisotopic (exact) mass is 1130 g/mol. The lowest BCUT2D eigenvalue weighted by molar-refractivity contribution is -0.167. The molecule has 0 aliphatic rings. The van der Waals surface area contributed by atoms with E-state index < -0.39 is 6.10 Å². The number of hydrogen-bond donors (Lipinski definition) is 0. The summed E-state index contributed by atoms with van der Waals surface area (Å²) in [6.07, 6.45) is 85.1. The molecule has 0 amide bonds. The second kappa shape index (κ2) is 69.4. The quantitative estimate of drug-likeness (QED) is 0.0261. The largest absolute Gasteiger partial charge is 0.462 e. The fourth-order valence-corrected chi connectivity index (χ4v) is 11.2. The molecule has 0 spiro atoms. The Balaban J connectivity index is 4.20. The third-order valence-electron chi connectivity index (χ3n) is 16.7. The molecule has 0 heterocycles. The topological polar surface area (TPSA) is 78.9 Å². The molecular formula is C74H140O6. The number of ether oxygens (including phenoxy) is 3. The molecule has 0 radical (unpaired) electrons. The van der Waals surface area contributed by atoms with Gasteiger partial charge in [0.25, 0.3) is 0 Å². The van der Waals surface area contributed by atoms with Crippen molar-refractivity contribution in [2.24, 2.45) is 0 Å². The van der Waals surface area contributed by atoms with Gasteiger partial charge in [-0.05, 0) is 70.6 Å². The molecule has 0 rings (SSSR count). The summed E-state index contributed by atoms with van der Waals surface area (Å²) < 4.78 is 17.0. The smallest absolute Gasteiger partial charge is 0.306 e. The Morgan fingerprint density at radius 3 is 0.637 bits per heavy atom. The van der Waals surface area contributed by atoms with Crippen LogP contribution in [0.3, 0.4) is 0 Å². The summed E-state index contributed by atoms with van der Waals surface area (Å²) in [6.45, 7) is 6.70. The van der Waals surface area contributed by atoms with Crippen LogP contribution in [0.15, 0.2) is 24.3 Å². The van der Waals surface area contributed by atoms with Gasteiger partial charge in [0.15, 0.2) is 6.10 Å². The number of carbonyl (C=O) groups is 3. The van der Waals surface area contributed by atoms with E-state index in [9.17, 15) is 14.4 Å². The van der Waals surface area contributed by atoms with E-state index in [-0.39, 0.29) is 31.1 Å². The third kappa shape index (κ3) is 66.7. The predicted octanol–water partition coefficient (Wildman–Crippen LogP) is 25.0. The maximum absolute atomic E-state index is 13.0. The predicted molar refractivity (Wildman–Crippen MR) is 349 cm³/mol. The van der Waals surface area contributed by atoms with E-state index in [1.54, 1.807) is 0 Å². The molecule has 0 saturated heterocycles. The molecule has 0 saturated carbocycles. The lowest BCUT2D eigenvalue weighted by Gasteiger charge is -2.18. The molecule has 1 unspecified atom stereocenters. The van der Waals surface area contributed by atoms with E-state index in [2.05, 4.69) is 45.1 Å². The van der Waals surface area contributed by atoms with Gasteiger partial charge in [0, 0.05) is 19.3 Å². The average Bonchev–Trinajstić information content (AvgIpc) is 3.46. The third-order valence-corrected chi connectivity index (χ3v) is 16.7. The molecule has 0 aromatic carbocycles. The minimum absolute atomic E-state index is 0.0685. The Hall–Kier alpha value is -2.11. The fraction of sp³-hybridized carbons (Fsp3) is 0.905. The molecule has 0 aromatic heterocycles. The minimum atomic E-state index is -0.773. The summed E-state index contributed by atoms with van der Waals surface area (Å²) >= 11 is 0. The highest BCUT2D eigenvalue weighted by Crippen LogP contribution is 2.19. The summed E-state index contributed by atoms with van der Waals surface area (Å²) in [5.41, 5.74) is 0. The summed E-state index contributed by atoms with van der Waals surface area (Å²) in [4.78, 5) is 38.4. The van der Waals surface area contributed by atoms with Gasteiger partial charge in [0.2, 0.25) is 0 Å².